The fourth-order valence-corrected chi connectivity index (χ4v) is 2.24. The number of fused-ring (bicyclic) bond motifs is 1. The fourth-order valence-electron chi connectivity index (χ4n) is 1.63. The number of hydrogen-bond donors (Lipinski definition) is 0. The van der Waals surface area contributed by atoms with Gasteiger partial charge in [-0.3, -0.25) is 0 Å². The minimum absolute atomic E-state index is 0.283. The third-order valence-electron chi connectivity index (χ3n) is 2.54. The van der Waals surface area contributed by atoms with Crippen molar-refractivity contribution in [2.45, 2.75) is 0 Å². The molecule has 20 heavy (non-hydrogen) atoms. The quantitative estimate of drug-likeness (QED) is 0.674. The van der Waals surface area contributed by atoms with Gasteiger partial charge in [0, 0.05) is 6.07 Å². The van der Waals surface area contributed by atoms with Crippen LogP contribution >= 0.6 is 27.5 Å². The van der Waals surface area contributed by atoms with E-state index < -0.39 is 0 Å². The largest absolute Gasteiger partial charge is 0.497 e. The van der Waals surface area contributed by atoms with Gasteiger partial charge >= 0.3 is 0 Å². The Bertz CT molecular complexity index is 777. The lowest BCUT2D eigenvalue weighted by atomic mass is 10.3. The average Bonchev–Trinajstić information content (AvgIpc) is 2.89. The molecular formula is C12H8BrClN4O2. The van der Waals surface area contributed by atoms with Crippen LogP contribution < -0.4 is 9.47 Å². The van der Waals surface area contributed by atoms with Crippen molar-refractivity contribution in [3.05, 3.63) is 40.2 Å². The molecule has 2 aromatic heterocycles. The van der Waals surface area contributed by atoms with Gasteiger partial charge in [-0.25, -0.2) is 0 Å². The van der Waals surface area contributed by atoms with Crippen LogP contribution in [0.1, 0.15) is 0 Å². The molecule has 0 bridgehead atoms. The van der Waals surface area contributed by atoms with Gasteiger partial charge in [0.2, 0.25) is 5.88 Å². The first-order valence-corrected chi connectivity index (χ1v) is 6.72. The van der Waals surface area contributed by atoms with E-state index in [9.17, 15) is 0 Å². The summed E-state index contributed by atoms with van der Waals surface area (Å²) in [5, 5.41) is 4.32. The van der Waals surface area contributed by atoms with E-state index >= 15 is 0 Å². The zero-order valence-electron chi connectivity index (χ0n) is 10.2. The van der Waals surface area contributed by atoms with Gasteiger partial charge in [0.1, 0.15) is 23.0 Å². The molecule has 0 unspecified atom stereocenters. The standard InChI is InChI=1S/C12H8BrClN4O2/c1-19-7-2-3-9(8(13)4-7)20-11-5-10(14)17-12-15-6-16-18(11)12/h2-6H,1H3. The third kappa shape index (κ3) is 2.41. The van der Waals surface area contributed by atoms with Crippen molar-refractivity contribution in [3.8, 4) is 17.4 Å². The second-order valence-corrected chi connectivity index (χ2v) is 5.03. The molecule has 102 valence electrons. The van der Waals surface area contributed by atoms with Gasteiger partial charge in [0.15, 0.2) is 0 Å². The summed E-state index contributed by atoms with van der Waals surface area (Å²) in [4.78, 5) is 8.01. The number of methoxy groups -OCH3 is 1. The molecule has 1 aromatic carbocycles. The fraction of sp³-hybridized carbons (Fsp3) is 0.0833. The summed E-state index contributed by atoms with van der Waals surface area (Å²) in [6, 6.07) is 6.94. The maximum absolute atomic E-state index is 5.93. The highest BCUT2D eigenvalue weighted by molar-refractivity contribution is 9.10. The predicted octanol–water partition coefficient (Wildman–Crippen LogP) is 3.34. The second kappa shape index (κ2) is 5.26. The number of halogens is 2. The van der Waals surface area contributed by atoms with E-state index in [4.69, 9.17) is 21.1 Å². The minimum atomic E-state index is 0.283. The molecule has 0 atom stereocenters. The molecule has 6 nitrogen and oxygen atoms in total. The average molecular weight is 356 g/mol. The molecule has 8 heteroatoms. The van der Waals surface area contributed by atoms with Crippen molar-refractivity contribution >= 4 is 33.3 Å². The van der Waals surface area contributed by atoms with Crippen LogP contribution in [0.3, 0.4) is 0 Å². The molecule has 0 aliphatic rings. The second-order valence-electron chi connectivity index (χ2n) is 3.79. The highest BCUT2D eigenvalue weighted by Gasteiger charge is 2.11. The van der Waals surface area contributed by atoms with Gasteiger partial charge < -0.3 is 9.47 Å². The molecule has 2 heterocycles. The first-order chi connectivity index (χ1) is 9.67. The summed E-state index contributed by atoms with van der Waals surface area (Å²) >= 11 is 9.35. The summed E-state index contributed by atoms with van der Waals surface area (Å²) in [7, 11) is 1.60. The Balaban J connectivity index is 2.03. The van der Waals surface area contributed by atoms with Gasteiger partial charge in [0.05, 0.1) is 11.6 Å². The minimum Gasteiger partial charge on any atom is -0.497 e. The Hall–Kier alpha value is -1.86. The van der Waals surface area contributed by atoms with Crippen molar-refractivity contribution < 1.29 is 9.47 Å². The first kappa shape index (κ1) is 13.1. The first-order valence-electron chi connectivity index (χ1n) is 5.55. The zero-order chi connectivity index (χ0) is 14.1. The number of ether oxygens (including phenoxy) is 2. The van der Waals surface area contributed by atoms with Crippen molar-refractivity contribution in [1.82, 2.24) is 19.6 Å². The van der Waals surface area contributed by atoms with Gasteiger partial charge in [-0.05, 0) is 34.1 Å². The van der Waals surface area contributed by atoms with E-state index in [1.807, 2.05) is 0 Å². The van der Waals surface area contributed by atoms with E-state index in [0.717, 1.165) is 10.2 Å². The van der Waals surface area contributed by atoms with E-state index in [0.29, 0.717) is 17.4 Å². The molecule has 0 fully saturated rings. The molecule has 0 N–H and O–H groups in total. The lowest BCUT2D eigenvalue weighted by Crippen LogP contribution is -1.98. The van der Waals surface area contributed by atoms with E-state index in [1.165, 1.54) is 10.8 Å². The van der Waals surface area contributed by atoms with Crippen molar-refractivity contribution in [2.75, 3.05) is 7.11 Å². The summed E-state index contributed by atoms with van der Waals surface area (Å²) in [6.07, 6.45) is 1.38. The summed E-state index contributed by atoms with van der Waals surface area (Å²) in [6.45, 7) is 0. The smallest absolute Gasteiger partial charge is 0.256 e. The van der Waals surface area contributed by atoms with E-state index in [1.54, 1.807) is 31.4 Å². The Morgan fingerprint density at radius 1 is 1.30 bits per heavy atom. The van der Waals surface area contributed by atoms with Crippen LogP contribution in [0, 0.1) is 0 Å². The Labute approximate surface area is 127 Å². The van der Waals surface area contributed by atoms with Crippen LogP contribution in [0.2, 0.25) is 5.15 Å². The number of rotatable bonds is 3. The Morgan fingerprint density at radius 2 is 2.15 bits per heavy atom. The lowest BCUT2D eigenvalue weighted by Gasteiger charge is -2.09. The maximum Gasteiger partial charge on any atom is 0.256 e. The van der Waals surface area contributed by atoms with Gasteiger partial charge in [-0.15, -0.1) is 0 Å². The molecule has 3 rings (SSSR count). The molecular weight excluding hydrogens is 348 g/mol. The van der Waals surface area contributed by atoms with Crippen LogP contribution in [0.5, 0.6) is 17.4 Å². The summed E-state index contributed by atoms with van der Waals surface area (Å²) in [5.74, 6) is 2.12. The molecule has 0 radical (unpaired) electrons. The number of hydrogen-bond acceptors (Lipinski definition) is 5. The molecule has 0 aliphatic heterocycles. The molecule has 0 saturated carbocycles. The van der Waals surface area contributed by atoms with Crippen LogP contribution in [0.15, 0.2) is 35.1 Å². The van der Waals surface area contributed by atoms with Gasteiger partial charge in [-0.1, -0.05) is 11.6 Å². The van der Waals surface area contributed by atoms with Crippen LogP contribution in [0.4, 0.5) is 0 Å². The molecule has 0 saturated heterocycles. The molecule has 0 amide bonds. The topological polar surface area (TPSA) is 61.5 Å². The number of nitrogens with zero attached hydrogens (tertiary/aromatic N) is 4. The van der Waals surface area contributed by atoms with Crippen molar-refractivity contribution in [3.63, 3.8) is 0 Å². The van der Waals surface area contributed by atoms with Crippen LogP contribution in [0.25, 0.3) is 5.78 Å². The lowest BCUT2D eigenvalue weighted by molar-refractivity contribution is 0.410. The van der Waals surface area contributed by atoms with E-state index in [2.05, 4.69) is 31.0 Å². The SMILES string of the molecule is COc1ccc(Oc2cc(Cl)nc3ncnn23)c(Br)c1. The maximum atomic E-state index is 5.93. The van der Waals surface area contributed by atoms with Crippen LogP contribution in [-0.4, -0.2) is 26.7 Å². The highest BCUT2D eigenvalue weighted by atomic mass is 79.9. The Kier molecular flexibility index (Phi) is 3.45. The predicted molar refractivity (Wildman–Crippen MR) is 76.6 cm³/mol. The molecule has 0 spiro atoms. The zero-order valence-corrected chi connectivity index (χ0v) is 12.6. The van der Waals surface area contributed by atoms with Crippen molar-refractivity contribution in [2.24, 2.45) is 0 Å². The Morgan fingerprint density at radius 3 is 2.90 bits per heavy atom. The van der Waals surface area contributed by atoms with Gasteiger partial charge in [0.25, 0.3) is 5.78 Å². The normalized spacial score (nSPS) is 10.8. The monoisotopic (exact) mass is 354 g/mol. The number of benzene rings is 1. The molecule has 0 aliphatic carbocycles. The summed E-state index contributed by atoms with van der Waals surface area (Å²) in [5.41, 5.74) is 0. The third-order valence-corrected chi connectivity index (χ3v) is 3.35. The van der Waals surface area contributed by atoms with E-state index in [-0.39, 0.29) is 5.15 Å². The van der Waals surface area contributed by atoms with Crippen LogP contribution in [-0.2, 0) is 0 Å². The van der Waals surface area contributed by atoms with Gasteiger partial charge in [-0.2, -0.15) is 19.6 Å². The number of aromatic nitrogens is 4. The van der Waals surface area contributed by atoms with Crippen molar-refractivity contribution in [1.29, 1.82) is 0 Å². The molecule has 3 aromatic rings. The summed E-state index contributed by atoms with van der Waals surface area (Å²) < 4.78 is 13.1. The highest BCUT2D eigenvalue weighted by Crippen LogP contribution is 2.33.